The zero-order valence-corrected chi connectivity index (χ0v) is 19.3. The van der Waals surface area contributed by atoms with Crippen LogP contribution >= 0.6 is 0 Å². The highest BCUT2D eigenvalue weighted by Crippen LogP contribution is 2.47. The maximum Gasteiger partial charge on any atom is 0.150 e. The second-order valence-electron chi connectivity index (χ2n) is 9.18. The van der Waals surface area contributed by atoms with Crippen LogP contribution in [0.4, 0.5) is 13.2 Å². The molecule has 2 aliphatic rings. The number of hydrogen-bond donors (Lipinski definition) is 1. The first-order valence-corrected chi connectivity index (χ1v) is 11.6. The zero-order chi connectivity index (χ0) is 24.5. The summed E-state index contributed by atoms with van der Waals surface area (Å²) in [7, 11) is 0. The number of hydrogen-bond acceptors (Lipinski definition) is 3. The number of alkyl halides is 1. The van der Waals surface area contributed by atoms with Gasteiger partial charge in [-0.15, -0.1) is 0 Å². The molecule has 3 aromatic rings. The Morgan fingerprint density at radius 1 is 1.00 bits per heavy atom. The number of phenolic OH excluding ortho intramolecular Hbond substituents is 1. The van der Waals surface area contributed by atoms with Crippen molar-refractivity contribution >= 4 is 17.2 Å². The zero-order valence-electron chi connectivity index (χ0n) is 19.3. The van der Waals surface area contributed by atoms with Gasteiger partial charge in [-0.3, -0.25) is 9.29 Å². The predicted molar refractivity (Wildman–Crippen MR) is 132 cm³/mol. The molecule has 0 saturated carbocycles. The van der Waals surface area contributed by atoms with Gasteiger partial charge < -0.3 is 9.84 Å². The van der Waals surface area contributed by atoms with E-state index in [0.717, 1.165) is 42.4 Å². The second-order valence-corrected chi connectivity index (χ2v) is 9.18. The fraction of sp³-hybridized carbons (Fsp3) is 0.241. The lowest BCUT2D eigenvalue weighted by atomic mass is 9.86. The molecule has 1 unspecified atom stereocenters. The SMILES string of the molecule is CC1=C(c2cc(F)cc(F)c2)C(c2ccc(/C=C/CN3CC(CF)C3)cc2)Oc2ccc(O)cc21. The molecule has 1 fully saturated rings. The van der Waals surface area contributed by atoms with Gasteiger partial charge in [0.05, 0.1) is 6.67 Å². The van der Waals surface area contributed by atoms with Crippen molar-refractivity contribution in [1.82, 2.24) is 4.90 Å². The second kappa shape index (κ2) is 9.62. The Kier molecular flexibility index (Phi) is 6.39. The van der Waals surface area contributed by atoms with Gasteiger partial charge in [0, 0.05) is 42.8 Å². The summed E-state index contributed by atoms with van der Waals surface area (Å²) >= 11 is 0. The number of ether oxygens (including phenoxy) is 1. The van der Waals surface area contributed by atoms with Crippen LogP contribution in [-0.2, 0) is 0 Å². The Labute approximate surface area is 202 Å². The molecule has 0 spiro atoms. The van der Waals surface area contributed by atoms with Gasteiger partial charge in [0.2, 0.25) is 0 Å². The third kappa shape index (κ3) is 4.84. The van der Waals surface area contributed by atoms with Crippen molar-refractivity contribution in [1.29, 1.82) is 0 Å². The van der Waals surface area contributed by atoms with Gasteiger partial charge in [-0.05, 0) is 59.5 Å². The third-order valence-electron chi connectivity index (χ3n) is 6.62. The van der Waals surface area contributed by atoms with Gasteiger partial charge in [0.1, 0.15) is 29.2 Å². The van der Waals surface area contributed by atoms with Crippen molar-refractivity contribution in [3.63, 3.8) is 0 Å². The number of likely N-dealkylation sites (tertiary alicyclic amines) is 1. The van der Waals surface area contributed by atoms with E-state index in [-0.39, 0.29) is 18.3 Å². The van der Waals surface area contributed by atoms with Gasteiger partial charge in [-0.2, -0.15) is 0 Å². The topological polar surface area (TPSA) is 32.7 Å². The maximum absolute atomic E-state index is 14.1. The molecule has 0 aliphatic carbocycles. The van der Waals surface area contributed by atoms with Crippen LogP contribution in [0.3, 0.4) is 0 Å². The minimum Gasteiger partial charge on any atom is -0.508 e. The molecule has 0 aromatic heterocycles. The summed E-state index contributed by atoms with van der Waals surface area (Å²) in [6.45, 7) is 3.99. The van der Waals surface area contributed by atoms with Crippen molar-refractivity contribution in [3.05, 3.63) is 101 Å². The molecule has 6 heteroatoms. The van der Waals surface area contributed by atoms with Crippen molar-refractivity contribution in [2.45, 2.75) is 13.0 Å². The molecular weight excluding hydrogens is 451 g/mol. The van der Waals surface area contributed by atoms with E-state index in [9.17, 15) is 18.3 Å². The first-order chi connectivity index (χ1) is 16.9. The summed E-state index contributed by atoms with van der Waals surface area (Å²) in [5.74, 6) is -0.479. The molecule has 35 heavy (non-hydrogen) atoms. The first-order valence-electron chi connectivity index (χ1n) is 11.6. The molecule has 1 saturated heterocycles. The summed E-state index contributed by atoms with van der Waals surface area (Å²) < 4.78 is 47.2. The van der Waals surface area contributed by atoms with E-state index in [1.807, 2.05) is 37.3 Å². The Morgan fingerprint density at radius 2 is 1.71 bits per heavy atom. The van der Waals surface area contributed by atoms with Crippen LogP contribution in [-0.4, -0.2) is 36.3 Å². The van der Waals surface area contributed by atoms with E-state index in [0.29, 0.717) is 22.4 Å². The van der Waals surface area contributed by atoms with Gasteiger partial charge in [-0.25, -0.2) is 8.78 Å². The van der Waals surface area contributed by atoms with Crippen LogP contribution in [0.1, 0.15) is 35.3 Å². The number of phenols is 1. The lowest BCUT2D eigenvalue weighted by Crippen LogP contribution is -2.47. The van der Waals surface area contributed by atoms with Crippen molar-refractivity contribution in [3.8, 4) is 11.5 Å². The molecular formula is C29H26F3NO2. The number of benzene rings is 3. The lowest BCUT2D eigenvalue weighted by Gasteiger charge is -2.36. The number of fused-ring (bicyclic) bond motifs is 1. The minimum absolute atomic E-state index is 0.0875. The third-order valence-corrected chi connectivity index (χ3v) is 6.62. The van der Waals surface area contributed by atoms with Crippen LogP contribution < -0.4 is 4.74 Å². The number of aromatic hydroxyl groups is 1. The van der Waals surface area contributed by atoms with Gasteiger partial charge in [0.15, 0.2) is 0 Å². The van der Waals surface area contributed by atoms with E-state index < -0.39 is 17.7 Å². The van der Waals surface area contributed by atoms with E-state index >= 15 is 0 Å². The molecule has 1 atom stereocenters. The Morgan fingerprint density at radius 3 is 2.40 bits per heavy atom. The number of allylic oxidation sites excluding steroid dienone is 1. The van der Waals surface area contributed by atoms with E-state index in [1.54, 1.807) is 18.2 Å². The Hall–Kier alpha value is -3.51. The average Bonchev–Trinajstić information content (AvgIpc) is 2.80. The maximum atomic E-state index is 14.1. The smallest absolute Gasteiger partial charge is 0.150 e. The van der Waals surface area contributed by atoms with E-state index in [1.165, 1.54) is 12.1 Å². The quantitative estimate of drug-likeness (QED) is 0.432. The number of nitrogens with zero attached hydrogens (tertiary/aromatic N) is 1. The standard InChI is InChI=1S/C29H26F3NO2/c1-18-26-14-25(34)8-9-27(26)35-29(28(18)22-11-23(31)13-24(32)12-22)21-6-4-19(5-7-21)3-2-10-33-16-20(15-30)17-33/h2-9,11-14,20,29,34H,10,15-17H2,1H3/b3-2+. The monoisotopic (exact) mass is 477 g/mol. The van der Waals surface area contributed by atoms with Crippen molar-refractivity contribution in [2.75, 3.05) is 26.3 Å². The average molecular weight is 478 g/mol. The van der Waals surface area contributed by atoms with Crippen molar-refractivity contribution in [2.24, 2.45) is 5.92 Å². The van der Waals surface area contributed by atoms with Gasteiger partial charge >= 0.3 is 0 Å². The summed E-state index contributed by atoms with van der Waals surface area (Å²) in [5, 5.41) is 9.99. The van der Waals surface area contributed by atoms with Gasteiger partial charge in [-0.1, -0.05) is 36.4 Å². The Bertz CT molecular complexity index is 1270. The molecule has 0 bridgehead atoms. The van der Waals surface area contributed by atoms with E-state index in [4.69, 9.17) is 4.74 Å². The summed E-state index contributed by atoms with van der Waals surface area (Å²) in [6, 6.07) is 16.1. The highest BCUT2D eigenvalue weighted by atomic mass is 19.1. The predicted octanol–water partition coefficient (Wildman–Crippen LogP) is 6.65. The van der Waals surface area contributed by atoms with Gasteiger partial charge in [0.25, 0.3) is 0 Å². The van der Waals surface area contributed by atoms with Crippen LogP contribution in [0.5, 0.6) is 11.5 Å². The molecule has 0 radical (unpaired) electrons. The lowest BCUT2D eigenvalue weighted by molar-refractivity contribution is 0.0940. The fourth-order valence-electron chi connectivity index (χ4n) is 4.80. The first kappa shape index (κ1) is 23.2. The van der Waals surface area contributed by atoms with Crippen LogP contribution in [0.25, 0.3) is 17.2 Å². The fourth-order valence-corrected chi connectivity index (χ4v) is 4.80. The number of rotatable bonds is 6. The van der Waals surface area contributed by atoms with Crippen LogP contribution in [0.15, 0.2) is 66.7 Å². The highest BCUT2D eigenvalue weighted by Gasteiger charge is 2.30. The largest absolute Gasteiger partial charge is 0.508 e. The Balaban J connectivity index is 1.44. The normalized spacial score (nSPS) is 18.5. The van der Waals surface area contributed by atoms with E-state index in [2.05, 4.69) is 11.0 Å². The summed E-state index contributed by atoms with van der Waals surface area (Å²) in [5.41, 5.74) is 4.35. The summed E-state index contributed by atoms with van der Waals surface area (Å²) in [6.07, 6.45) is 3.51. The molecule has 1 N–H and O–H groups in total. The highest BCUT2D eigenvalue weighted by molar-refractivity contribution is 5.95. The minimum atomic E-state index is -0.665. The van der Waals surface area contributed by atoms with Crippen molar-refractivity contribution < 1.29 is 23.0 Å². The summed E-state index contributed by atoms with van der Waals surface area (Å²) in [4.78, 5) is 2.19. The molecule has 2 heterocycles. The van der Waals surface area contributed by atoms with Crippen LogP contribution in [0, 0.1) is 17.6 Å². The molecule has 5 rings (SSSR count). The molecule has 3 nitrogen and oxygen atoms in total. The molecule has 0 amide bonds. The number of halogens is 3. The molecule has 3 aromatic carbocycles. The van der Waals surface area contributed by atoms with Crippen LogP contribution in [0.2, 0.25) is 0 Å². The molecule has 2 aliphatic heterocycles. The molecule has 180 valence electrons.